The molecule has 2 N–H and O–H groups in total. The average Bonchev–Trinajstić information content (AvgIpc) is 2.35. The SMILES string of the molecule is CCC(CC)Nc1ccc(S(=O)(=O)NC(C)C)cc1. The van der Waals surface area contributed by atoms with Crippen LogP contribution in [-0.4, -0.2) is 20.5 Å². The van der Waals surface area contributed by atoms with E-state index in [1.54, 1.807) is 26.0 Å². The second-order valence-electron chi connectivity index (χ2n) is 4.96. The molecular formula is C14H24N2O2S. The van der Waals surface area contributed by atoms with E-state index in [9.17, 15) is 8.42 Å². The van der Waals surface area contributed by atoms with Gasteiger partial charge in [0.25, 0.3) is 0 Å². The molecular weight excluding hydrogens is 260 g/mol. The van der Waals surface area contributed by atoms with Gasteiger partial charge in [-0.25, -0.2) is 13.1 Å². The van der Waals surface area contributed by atoms with E-state index in [1.807, 2.05) is 12.1 Å². The Morgan fingerprint density at radius 1 is 1.05 bits per heavy atom. The number of anilines is 1. The lowest BCUT2D eigenvalue weighted by atomic mass is 10.1. The van der Waals surface area contributed by atoms with Crippen LogP contribution < -0.4 is 10.0 Å². The number of hydrogen-bond donors (Lipinski definition) is 2. The van der Waals surface area contributed by atoms with E-state index in [0.29, 0.717) is 10.9 Å². The highest BCUT2D eigenvalue weighted by molar-refractivity contribution is 7.89. The highest BCUT2D eigenvalue weighted by Crippen LogP contribution is 2.16. The minimum atomic E-state index is -3.39. The summed E-state index contributed by atoms with van der Waals surface area (Å²) in [5.74, 6) is 0. The Hall–Kier alpha value is -1.07. The van der Waals surface area contributed by atoms with Crippen molar-refractivity contribution in [1.29, 1.82) is 0 Å². The third-order valence-corrected chi connectivity index (χ3v) is 4.59. The topological polar surface area (TPSA) is 58.2 Å². The summed E-state index contributed by atoms with van der Waals surface area (Å²) in [6, 6.07) is 7.22. The molecule has 0 amide bonds. The lowest BCUT2D eigenvalue weighted by Gasteiger charge is -2.16. The summed E-state index contributed by atoms with van der Waals surface area (Å²) in [6.07, 6.45) is 2.09. The maximum Gasteiger partial charge on any atom is 0.240 e. The highest BCUT2D eigenvalue weighted by Gasteiger charge is 2.15. The molecule has 0 unspecified atom stereocenters. The molecule has 1 aromatic carbocycles. The third kappa shape index (κ3) is 4.84. The Kier molecular flexibility index (Phi) is 5.82. The summed E-state index contributed by atoms with van der Waals surface area (Å²) in [5.41, 5.74) is 0.956. The Balaban J connectivity index is 2.82. The molecule has 0 bridgehead atoms. The van der Waals surface area contributed by atoms with Crippen LogP contribution in [-0.2, 0) is 10.0 Å². The Labute approximate surface area is 116 Å². The van der Waals surface area contributed by atoms with Gasteiger partial charge in [0, 0.05) is 17.8 Å². The van der Waals surface area contributed by atoms with Crippen molar-refractivity contribution in [3.8, 4) is 0 Å². The van der Waals surface area contributed by atoms with Crippen molar-refractivity contribution < 1.29 is 8.42 Å². The predicted molar refractivity (Wildman–Crippen MR) is 79.9 cm³/mol. The molecule has 0 aliphatic carbocycles. The smallest absolute Gasteiger partial charge is 0.240 e. The predicted octanol–water partition coefficient (Wildman–Crippen LogP) is 2.97. The van der Waals surface area contributed by atoms with Crippen LogP contribution in [0.25, 0.3) is 0 Å². The molecule has 0 aliphatic rings. The lowest BCUT2D eigenvalue weighted by molar-refractivity contribution is 0.570. The van der Waals surface area contributed by atoms with Gasteiger partial charge in [-0.05, 0) is 51.0 Å². The highest BCUT2D eigenvalue weighted by atomic mass is 32.2. The molecule has 108 valence electrons. The van der Waals surface area contributed by atoms with Crippen LogP contribution in [0, 0.1) is 0 Å². The van der Waals surface area contributed by atoms with Crippen LogP contribution in [0.2, 0.25) is 0 Å². The summed E-state index contributed by atoms with van der Waals surface area (Å²) >= 11 is 0. The van der Waals surface area contributed by atoms with Gasteiger partial charge in [0.1, 0.15) is 0 Å². The van der Waals surface area contributed by atoms with E-state index in [-0.39, 0.29) is 6.04 Å². The Morgan fingerprint density at radius 2 is 1.58 bits per heavy atom. The van der Waals surface area contributed by atoms with Gasteiger partial charge in [0.15, 0.2) is 0 Å². The van der Waals surface area contributed by atoms with Gasteiger partial charge >= 0.3 is 0 Å². The van der Waals surface area contributed by atoms with Gasteiger partial charge in [-0.1, -0.05) is 13.8 Å². The van der Waals surface area contributed by atoms with E-state index in [2.05, 4.69) is 23.9 Å². The second-order valence-corrected chi connectivity index (χ2v) is 6.67. The van der Waals surface area contributed by atoms with Crippen LogP contribution >= 0.6 is 0 Å². The van der Waals surface area contributed by atoms with E-state index in [4.69, 9.17) is 0 Å². The maximum absolute atomic E-state index is 12.0. The summed E-state index contributed by atoms with van der Waals surface area (Å²) in [7, 11) is -3.39. The van der Waals surface area contributed by atoms with Gasteiger partial charge < -0.3 is 5.32 Å². The van der Waals surface area contributed by atoms with E-state index < -0.39 is 10.0 Å². The third-order valence-electron chi connectivity index (χ3n) is 2.91. The zero-order valence-corrected chi connectivity index (χ0v) is 12.9. The van der Waals surface area contributed by atoms with Gasteiger partial charge in [-0.15, -0.1) is 0 Å². The minimum Gasteiger partial charge on any atom is -0.382 e. The van der Waals surface area contributed by atoms with Gasteiger partial charge in [-0.3, -0.25) is 0 Å². The fourth-order valence-electron chi connectivity index (χ4n) is 1.84. The molecule has 5 heteroatoms. The maximum atomic E-state index is 12.0. The van der Waals surface area contributed by atoms with Crippen molar-refractivity contribution in [3.63, 3.8) is 0 Å². The van der Waals surface area contributed by atoms with Crippen LogP contribution in [0.3, 0.4) is 0 Å². The standard InChI is InChI=1S/C14H24N2O2S/c1-5-12(6-2)15-13-7-9-14(10-8-13)19(17,18)16-11(3)4/h7-12,15-16H,5-6H2,1-4H3. The first kappa shape index (κ1) is 16.0. The van der Waals surface area contributed by atoms with Crippen molar-refractivity contribution in [2.45, 2.75) is 57.5 Å². The summed E-state index contributed by atoms with van der Waals surface area (Å²) < 4.78 is 26.5. The molecule has 19 heavy (non-hydrogen) atoms. The van der Waals surface area contributed by atoms with E-state index in [0.717, 1.165) is 18.5 Å². The molecule has 0 saturated heterocycles. The molecule has 0 radical (unpaired) electrons. The number of hydrogen-bond acceptors (Lipinski definition) is 3. The largest absolute Gasteiger partial charge is 0.382 e. The van der Waals surface area contributed by atoms with Crippen molar-refractivity contribution in [2.75, 3.05) is 5.32 Å². The van der Waals surface area contributed by atoms with Crippen LogP contribution in [0.4, 0.5) is 5.69 Å². The average molecular weight is 284 g/mol. The van der Waals surface area contributed by atoms with Crippen LogP contribution in [0.5, 0.6) is 0 Å². The molecule has 0 fully saturated rings. The summed E-state index contributed by atoms with van der Waals surface area (Å²) in [4.78, 5) is 0.302. The first-order valence-electron chi connectivity index (χ1n) is 6.78. The minimum absolute atomic E-state index is 0.104. The summed E-state index contributed by atoms with van der Waals surface area (Å²) in [6.45, 7) is 7.88. The molecule has 0 aromatic heterocycles. The summed E-state index contributed by atoms with van der Waals surface area (Å²) in [5, 5.41) is 3.38. The molecule has 1 aromatic rings. The van der Waals surface area contributed by atoms with Crippen molar-refractivity contribution in [1.82, 2.24) is 4.72 Å². The van der Waals surface area contributed by atoms with Crippen LogP contribution in [0.1, 0.15) is 40.5 Å². The molecule has 0 heterocycles. The van der Waals surface area contributed by atoms with Crippen LogP contribution in [0.15, 0.2) is 29.2 Å². The number of nitrogens with one attached hydrogen (secondary N) is 2. The Morgan fingerprint density at radius 3 is 2.00 bits per heavy atom. The van der Waals surface area contributed by atoms with Gasteiger partial charge in [0.2, 0.25) is 10.0 Å². The van der Waals surface area contributed by atoms with Crippen molar-refractivity contribution in [2.24, 2.45) is 0 Å². The normalized spacial score (nSPS) is 12.1. The van der Waals surface area contributed by atoms with Crippen molar-refractivity contribution in [3.05, 3.63) is 24.3 Å². The van der Waals surface area contributed by atoms with Crippen molar-refractivity contribution >= 4 is 15.7 Å². The van der Waals surface area contributed by atoms with Gasteiger partial charge in [-0.2, -0.15) is 0 Å². The molecule has 4 nitrogen and oxygen atoms in total. The first-order valence-corrected chi connectivity index (χ1v) is 8.26. The molecule has 0 saturated carbocycles. The quantitative estimate of drug-likeness (QED) is 0.809. The Bertz CT molecular complexity index is 477. The molecule has 0 aliphatic heterocycles. The van der Waals surface area contributed by atoms with Gasteiger partial charge in [0.05, 0.1) is 4.90 Å². The molecule has 1 rings (SSSR count). The fraction of sp³-hybridized carbons (Fsp3) is 0.571. The number of benzene rings is 1. The number of rotatable bonds is 7. The van der Waals surface area contributed by atoms with E-state index in [1.165, 1.54) is 0 Å². The fourth-order valence-corrected chi connectivity index (χ4v) is 3.09. The zero-order chi connectivity index (χ0) is 14.5. The zero-order valence-electron chi connectivity index (χ0n) is 12.1. The molecule has 0 atom stereocenters. The molecule has 0 spiro atoms. The lowest BCUT2D eigenvalue weighted by Crippen LogP contribution is -2.30. The number of sulfonamides is 1. The first-order chi connectivity index (χ1) is 8.89. The monoisotopic (exact) mass is 284 g/mol. The van der Waals surface area contributed by atoms with E-state index >= 15 is 0 Å². The second kappa shape index (κ2) is 6.91.